The summed E-state index contributed by atoms with van der Waals surface area (Å²) < 4.78 is 2.05. The third-order valence-corrected chi connectivity index (χ3v) is 4.99. The van der Waals surface area contributed by atoms with E-state index in [0.717, 1.165) is 18.7 Å². The monoisotopic (exact) mass is 351 g/mol. The number of aryl methyl sites for hydroxylation is 1. The van der Waals surface area contributed by atoms with Crippen molar-refractivity contribution in [1.29, 1.82) is 0 Å². The number of phenolic OH excluding ortho intramolecular Hbond substituents is 1. The van der Waals surface area contributed by atoms with Gasteiger partial charge in [-0.2, -0.15) is 5.10 Å². The molecule has 7 nitrogen and oxygen atoms in total. The summed E-state index contributed by atoms with van der Waals surface area (Å²) in [4.78, 5) is 19.0. The molecule has 3 aromatic rings. The molecule has 2 N–H and O–H groups in total. The minimum Gasteiger partial charge on any atom is -0.507 e. The van der Waals surface area contributed by atoms with Crippen LogP contribution in [0, 0.1) is 0 Å². The van der Waals surface area contributed by atoms with E-state index in [4.69, 9.17) is 0 Å². The lowest BCUT2D eigenvalue weighted by atomic mass is 9.95. The molecule has 26 heavy (non-hydrogen) atoms. The maximum atomic E-state index is 12.8. The summed E-state index contributed by atoms with van der Waals surface area (Å²) in [6, 6.07) is 8.66. The molecule has 0 radical (unpaired) electrons. The Balaban J connectivity index is 1.45. The first-order valence-corrected chi connectivity index (χ1v) is 8.74. The first-order chi connectivity index (χ1) is 12.6. The number of hydrogen-bond donors (Lipinski definition) is 2. The second kappa shape index (κ2) is 6.67. The zero-order valence-electron chi connectivity index (χ0n) is 14.6. The van der Waals surface area contributed by atoms with Crippen LogP contribution in [0.15, 0.2) is 42.7 Å². The predicted octanol–water partition coefficient (Wildman–Crippen LogP) is 2.54. The van der Waals surface area contributed by atoms with Crippen molar-refractivity contribution in [2.24, 2.45) is 7.05 Å². The van der Waals surface area contributed by atoms with Gasteiger partial charge in [0, 0.05) is 44.0 Å². The van der Waals surface area contributed by atoms with Crippen molar-refractivity contribution in [3.8, 4) is 17.0 Å². The van der Waals surface area contributed by atoms with Gasteiger partial charge in [-0.1, -0.05) is 12.1 Å². The molecule has 1 aliphatic rings. The maximum absolute atomic E-state index is 12.8. The van der Waals surface area contributed by atoms with Crippen molar-refractivity contribution in [3.63, 3.8) is 0 Å². The van der Waals surface area contributed by atoms with Gasteiger partial charge in [0.1, 0.15) is 17.3 Å². The fourth-order valence-corrected chi connectivity index (χ4v) is 3.54. The molecule has 0 saturated carbocycles. The minimum absolute atomic E-state index is 0.0579. The molecule has 1 aliphatic heterocycles. The number of aromatic hydroxyl groups is 1. The Morgan fingerprint density at radius 2 is 2.04 bits per heavy atom. The van der Waals surface area contributed by atoms with E-state index < -0.39 is 0 Å². The number of carbonyl (C=O) groups excluding carboxylic acids is 1. The summed E-state index contributed by atoms with van der Waals surface area (Å²) in [6.45, 7) is 1.39. The molecular weight excluding hydrogens is 330 g/mol. The Morgan fingerprint density at radius 3 is 2.73 bits per heavy atom. The van der Waals surface area contributed by atoms with E-state index in [2.05, 4.69) is 19.7 Å². The van der Waals surface area contributed by atoms with Crippen LogP contribution in [0.3, 0.4) is 0 Å². The first kappa shape index (κ1) is 16.4. The summed E-state index contributed by atoms with van der Waals surface area (Å²) in [5.74, 6) is 1.56. The van der Waals surface area contributed by atoms with E-state index in [1.54, 1.807) is 24.3 Å². The average molecular weight is 351 g/mol. The van der Waals surface area contributed by atoms with Crippen LogP contribution in [-0.4, -0.2) is 48.8 Å². The van der Waals surface area contributed by atoms with E-state index in [1.165, 1.54) is 0 Å². The van der Waals surface area contributed by atoms with Crippen molar-refractivity contribution in [3.05, 3.63) is 54.2 Å². The third-order valence-electron chi connectivity index (χ3n) is 4.99. The maximum Gasteiger partial charge on any atom is 0.271 e. The molecule has 0 atom stereocenters. The van der Waals surface area contributed by atoms with Gasteiger partial charge in [-0.3, -0.25) is 9.89 Å². The summed E-state index contributed by atoms with van der Waals surface area (Å²) in [5.41, 5.74) is 1.62. The third kappa shape index (κ3) is 2.96. The van der Waals surface area contributed by atoms with E-state index >= 15 is 0 Å². The molecule has 1 saturated heterocycles. The van der Waals surface area contributed by atoms with Crippen LogP contribution in [0.4, 0.5) is 0 Å². The minimum atomic E-state index is -0.0579. The number of amides is 1. The topological polar surface area (TPSA) is 87.0 Å². The number of aromatic nitrogens is 4. The molecule has 1 aromatic carbocycles. The number of nitrogens with zero attached hydrogens (tertiary/aromatic N) is 4. The highest BCUT2D eigenvalue weighted by Crippen LogP contribution is 2.29. The SMILES string of the molecule is Cn1ccnc1C1CCN(C(=O)c2cc(-c3ccccc3O)n[nH]2)CC1. The van der Waals surface area contributed by atoms with Crippen LogP contribution in [0.25, 0.3) is 11.3 Å². The van der Waals surface area contributed by atoms with Gasteiger partial charge in [-0.25, -0.2) is 4.98 Å². The summed E-state index contributed by atoms with van der Waals surface area (Å²) in [6.07, 6.45) is 5.57. The van der Waals surface area contributed by atoms with E-state index in [-0.39, 0.29) is 11.7 Å². The van der Waals surface area contributed by atoms with Crippen LogP contribution in [-0.2, 0) is 7.05 Å². The number of phenols is 1. The highest BCUT2D eigenvalue weighted by Gasteiger charge is 2.27. The van der Waals surface area contributed by atoms with Crippen molar-refractivity contribution in [1.82, 2.24) is 24.6 Å². The van der Waals surface area contributed by atoms with Gasteiger partial charge in [-0.15, -0.1) is 0 Å². The Kier molecular flexibility index (Phi) is 4.20. The number of rotatable bonds is 3. The molecule has 134 valence electrons. The number of likely N-dealkylation sites (tertiary alicyclic amines) is 1. The number of carbonyl (C=O) groups is 1. The van der Waals surface area contributed by atoms with Crippen LogP contribution in [0.1, 0.15) is 35.1 Å². The number of aromatic amines is 1. The molecule has 0 unspecified atom stereocenters. The van der Waals surface area contributed by atoms with E-state index in [0.29, 0.717) is 36.0 Å². The zero-order chi connectivity index (χ0) is 18.1. The smallest absolute Gasteiger partial charge is 0.271 e. The number of para-hydroxylation sites is 1. The zero-order valence-corrected chi connectivity index (χ0v) is 14.6. The van der Waals surface area contributed by atoms with Crippen LogP contribution in [0.2, 0.25) is 0 Å². The van der Waals surface area contributed by atoms with Crippen LogP contribution >= 0.6 is 0 Å². The lowest BCUT2D eigenvalue weighted by Crippen LogP contribution is -2.38. The number of piperidine rings is 1. The molecule has 1 amide bonds. The summed E-state index contributed by atoms with van der Waals surface area (Å²) in [7, 11) is 2.00. The number of hydrogen-bond acceptors (Lipinski definition) is 4. The van der Waals surface area contributed by atoms with E-state index in [9.17, 15) is 9.90 Å². The fraction of sp³-hybridized carbons (Fsp3) is 0.316. The van der Waals surface area contributed by atoms with Crippen LogP contribution in [0.5, 0.6) is 5.75 Å². The Bertz CT molecular complexity index is 921. The fourth-order valence-electron chi connectivity index (χ4n) is 3.54. The molecule has 1 fully saturated rings. The van der Waals surface area contributed by atoms with Crippen molar-refractivity contribution in [2.45, 2.75) is 18.8 Å². The Morgan fingerprint density at radius 1 is 1.27 bits per heavy atom. The van der Waals surface area contributed by atoms with Gasteiger partial charge >= 0.3 is 0 Å². The lowest BCUT2D eigenvalue weighted by Gasteiger charge is -2.31. The van der Waals surface area contributed by atoms with Gasteiger partial charge in [0.05, 0.1) is 5.69 Å². The largest absolute Gasteiger partial charge is 0.507 e. The molecule has 2 aromatic heterocycles. The van der Waals surface area contributed by atoms with Crippen molar-refractivity contribution >= 4 is 5.91 Å². The number of H-pyrrole nitrogens is 1. The number of benzene rings is 1. The number of imidazole rings is 1. The van der Waals surface area contributed by atoms with Gasteiger partial charge in [0.2, 0.25) is 0 Å². The quantitative estimate of drug-likeness (QED) is 0.759. The van der Waals surface area contributed by atoms with Gasteiger partial charge < -0.3 is 14.6 Å². The van der Waals surface area contributed by atoms with Crippen molar-refractivity contribution < 1.29 is 9.90 Å². The highest BCUT2D eigenvalue weighted by atomic mass is 16.3. The van der Waals surface area contributed by atoms with Gasteiger partial charge in [-0.05, 0) is 31.0 Å². The predicted molar refractivity (Wildman–Crippen MR) is 96.8 cm³/mol. The first-order valence-electron chi connectivity index (χ1n) is 8.74. The van der Waals surface area contributed by atoms with Gasteiger partial charge in [0.15, 0.2) is 0 Å². The molecule has 0 spiro atoms. The molecule has 0 bridgehead atoms. The second-order valence-corrected chi connectivity index (χ2v) is 6.65. The highest BCUT2D eigenvalue weighted by molar-refractivity contribution is 5.93. The molecular formula is C19H21N5O2. The Labute approximate surface area is 151 Å². The van der Waals surface area contributed by atoms with Crippen molar-refractivity contribution in [2.75, 3.05) is 13.1 Å². The normalized spacial score (nSPS) is 15.3. The second-order valence-electron chi connectivity index (χ2n) is 6.65. The van der Waals surface area contributed by atoms with Crippen LogP contribution < -0.4 is 0 Å². The molecule has 4 rings (SSSR count). The average Bonchev–Trinajstić information content (AvgIpc) is 3.31. The summed E-state index contributed by atoms with van der Waals surface area (Å²) in [5, 5.41) is 16.9. The lowest BCUT2D eigenvalue weighted by molar-refractivity contribution is 0.0704. The standard InChI is InChI=1S/C19H21N5O2/c1-23-11-8-20-18(23)13-6-9-24(10-7-13)19(26)16-12-15(21-22-16)14-4-2-3-5-17(14)25/h2-5,8,11-13,25H,6-7,9-10H2,1H3,(H,21,22). The molecule has 3 heterocycles. The molecule has 0 aliphatic carbocycles. The summed E-state index contributed by atoms with van der Waals surface area (Å²) >= 11 is 0. The number of nitrogens with one attached hydrogen (secondary N) is 1. The molecule has 7 heteroatoms. The Hall–Kier alpha value is -3.09. The van der Waals surface area contributed by atoms with E-state index in [1.807, 2.05) is 30.4 Å². The van der Waals surface area contributed by atoms with Gasteiger partial charge in [0.25, 0.3) is 5.91 Å².